The van der Waals surface area contributed by atoms with Gasteiger partial charge in [-0.15, -0.1) is 0 Å². The molecule has 124 valence electrons. The molecule has 0 radical (unpaired) electrons. The van der Waals surface area contributed by atoms with E-state index in [2.05, 4.69) is 15.5 Å². The molecule has 1 unspecified atom stereocenters. The number of carbonyl (C=O) groups is 1. The lowest BCUT2D eigenvalue weighted by molar-refractivity contribution is -0.385. The average Bonchev–Trinajstić information content (AvgIpc) is 3.01. The molecule has 0 aliphatic heterocycles. The van der Waals surface area contributed by atoms with E-state index in [4.69, 9.17) is 0 Å². The van der Waals surface area contributed by atoms with Crippen LogP contribution in [0, 0.1) is 24.0 Å². The Bertz CT molecular complexity index is 733. The lowest BCUT2D eigenvalue weighted by atomic mass is 10.1. The SMILES string of the molecule is CCn1ncc(C(C)NC(=O)Cn2cc([N+](=O)[O-])c(C)n2)c1C. The number of rotatable bonds is 6. The van der Waals surface area contributed by atoms with Crippen LogP contribution in [0.15, 0.2) is 12.4 Å². The minimum absolute atomic E-state index is 0.0695. The molecule has 2 aromatic heterocycles. The maximum absolute atomic E-state index is 12.1. The van der Waals surface area contributed by atoms with Gasteiger partial charge in [0.1, 0.15) is 18.4 Å². The molecule has 0 aliphatic rings. The van der Waals surface area contributed by atoms with E-state index in [1.165, 1.54) is 17.8 Å². The molecule has 9 heteroatoms. The van der Waals surface area contributed by atoms with Crippen molar-refractivity contribution >= 4 is 11.6 Å². The van der Waals surface area contributed by atoms with E-state index in [1.807, 2.05) is 25.5 Å². The van der Waals surface area contributed by atoms with E-state index in [0.717, 1.165) is 17.8 Å². The van der Waals surface area contributed by atoms with Crippen molar-refractivity contribution in [1.82, 2.24) is 24.9 Å². The summed E-state index contributed by atoms with van der Waals surface area (Å²) in [6.45, 7) is 8.06. The van der Waals surface area contributed by atoms with Gasteiger partial charge < -0.3 is 5.32 Å². The molecule has 0 aliphatic carbocycles. The van der Waals surface area contributed by atoms with E-state index in [1.54, 1.807) is 6.20 Å². The summed E-state index contributed by atoms with van der Waals surface area (Å²) in [5.74, 6) is -0.265. The molecule has 0 aromatic carbocycles. The van der Waals surface area contributed by atoms with E-state index < -0.39 is 4.92 Å². The normalized spacial score (nSPS) is 12.2. The summed E-state index contributed by atoms with van der Waals surface area (Å²) in [5.41, 5.74) is 2.15. The number of nitrogens with zero attached hydrogens (tertiary/aromatic N) is 5. The van der Waals surface area contributed by atoms with Crippen LogP contribution in [0.1, 0.15) is 36.8 Å². The zero-order chi connectivity index (χ0) is 17.1. The van der Waals surface area contributed by atoms with Crippen LogP contribution >= 0.6 is 0 Å². The van der Waals surface area contributed by atoms with Gasteiger partial charge in [0.05, 0.1) is 17.2 Å². The number of aryl methyl sites for hydroxylation is 2. The van der Waals surface area contributed by atoms with Crippen molar-refractivity contribution in [2.75, 3.05) is 0 Å². The van der Waals surface area contributed by atoms with Crippen LogP contribution in [0.3, 0.4) is 0 Å². The van der Waals surface area contributed by atoms with Gasteiger partial charge in [0, 0.05) is 17.8 Å². The Morgan fingerprint density at radius 2 is 2.17 bits per heavy atom. The first kappa shape index (κ1) is 16.7. The van der Waals surface area contributed by atoms with Gasteiger partial charge >= 0.3 is 5.69 Å². The Morgan fingerprint density at radius 3 is 2.70 bits per heavy atom. The summed E-state index contributed by atoms with van der Waals surface area (Å²) in [5, 5.41) is 21.9. The molecule has 0 saturated carbocycles. The van der Waals surface area contributed by atoms with Gasteiger partial charge in [0.2, 0.25) is 5.91 Å². The van der Waals surface area contributed by atoms with Gasteiger partial charge in [-0.25, -0.2) is 0 Å². The molecular weight excluding hydrogens is 300 g/mol. The summed E-state index contributed by atoms with van der Waals surface area (Å²) in [6, 6.07) is -0.200. The average molecular weight is 320 g/mol. The quantitative estimate of drug-likeness (QED) is 0.641. The first-order valence-corrected chi connectivity index (χ1v) is 7.33. The van der Waals surface area contributed by atoms with Crippen LogP contribution in [0.5, 0.6) is 0 Å². The monoisotopic (exact) mass is 320 g/mol. The molecule has 1 N–H and O–H groups in total. The van der Waals surface area contributed by atoms with E-state index in [-0.39, 0.29) is 29.9 Å². The van der Waals surface area contributed by atoms with Crippen molar-refractivity contribution in [2.45, 2.75) is 46.8 Å². The Morgan fingerprint density at radius 1 is 1.48 bits per heavy atom. The third-order valence-corrected chi connectivity index (χ3v) is 3.71. The lowest BCUT2D eigenvalue weighted by Gasteiger charge is -2.14. The third-order valence-electron chi connectivity index (χ3n) is 3.71. The fourth-order valence-electron chi connectivity index (χ4n) is 2.48. The highest BCUT2D eigenvalue weighted by Gasteiger charge is 2.19. The number of nitrogens with one attached hydrogen (secondary N) is 1. The fraction of sp³-hybridized carbons (Fsp3) is 0.500. The molecule has 0 saturated heterocycles. The molecule has 2 aromatic rings. The Labute approximate surface area is 133 Å². The highest BCUT2D eigenvalue weighted by atomic mass is 16.6. The molecule has 2 heterocycles. The Balaban J connectivity index is 2.03. The molecule has 9 nitrogen and oxygen atoms in total. The number of carbonyl (C=O) groups excluding carboxylic acids is 1. The summed E-state index contributed by atoms with van der Waals surface area (Å²) < 4.78 is 3.13. The van der Waals surface area contributed by atoms with Crippen molar-refractivity contribution in [3.8, 4) is 0 Å². The minimum atomic E-state index is -0.512. The van der Waals surface area contributed by atoms with Crippen molar-refractivity contribution in [3.63, 3.8) is 0 Å². The smallest absolute Gasteiger partial charge is 0.309 e. The number of hydrogen-bond donors (Lipinski definition) is 1. The van der Waals surface area contributed by atoms with Gasteiger partial charge in [0.15, 0.2) is 0 Å². The van der Waals surface area contributed by atoms with Crippen LogP contribution in [0.4, 0.5) is 5.69 Å². The van der Waals surface area contributed by atoms with E-state index in [9.17, 15) is 14.9 Å². The number of aromatic nitrogens is 4. The fourth-order valence-corrected chi connectivity index (χ4v) is 2.48. The number of amides is 1. The number of nitro groups is 1. The van der Waals surface area contributed by atoms with E-state index in [0.29, 0.717) is 0 Å². The maximum atomic E-state index is 12.1. The van der Waals surface area contributed by atoms with Crippen LogP contribution in [0.2, 0.25) is 0 Å². The topological polar surface area (TPSA) is 108 Å². The highest BCUT2D eigenvalue weighted by molar-refractivity contribution is 5.76. The first-order chi connectivity index (χ1) is 10.8. The second-order valence-electron chi connectivity index (χ2n) is 5.34. The summed E-state index contributed by atoms with van der Waals surface area (Å²) in [7, 11) is 0. The molecule has 2 rings (SSSR count). The summed E-state index contributed by atoms with van der Waals surface area (Å²) in [6.07, 6.45) is 3.01. The van der Waals surface area contributed by atoms with Crippen LogP contribution in [-0.4, -0.2) is 30.4 Å². The van der Waals surface area contributed by atoms with Crippen molar-refractivity contribution in [2.24, 2.45) is 0 Å². The van der Waals surface area contributed by atoms with Gasteiger partial charge in [-0.05, 0) is 27.7 Å². The van der Waals surface area contributed by atoms with Gasteiger partial charge in [-0.3, -0.25) is 24.3 Å². The number of hydrogen-bond acceptors (Lipinski definition) is 5. The Hall–Kier alpha value is -2.71. The van der Waals surface area contributed by atoms with Crippen LogP contribution in [0.25, 0.3) is 0 Å². The van der Waals surface area contributed by atoms with Gasteiger partial charge in [-0.1, -0.05) is 0 Å². The van der Waals surface area contributed by atoms with Crippen molar-refractivity contribution in [1.29, 1.82) is 0 Å². The molecule has 23 heavy (non-hydrogen) atoms. The molecular formula is C14H20N6O3. The van der Waals surface area contributed by atoms with Crippen LogP contribution < -0.4 is 5.32 Å². The molecule has 1 atom stereocenters. The zero-order valence-electron chi connectivity index (χ0n) is 13.6. The maximum Gasteiger partial charge on any atom is 0.309 e. The summed E-state index contributed by atoms with van der Waals surface area (Å²) >= 11 is 0. The highest BCUT2D eigenvalue weighted by Crippen LogP contribution is 2.17. The Kier molecular flexibility index (Phi) is 4.77. The predicted molar refractivity (Wildman–Crippen MR) is 82.8 cm³/mol. The second kappa shape index (κ2) is 6.59. The molecule has 1 amide bonds. The molecule has 0 fully saturated rings. The predicted octanol–water partition coefficient (Wildman–Crippen LogP) is 1.50. The summed E-state index contributed by atoms with van der Waals surface area (Å²) in [4.78, 5) is 22.4. The van der Waals surface area contributed by atoms with Crippen molar-refractivity contribution in [3.05, 3.63) is 39.5 Å². The third kappa shape index (κ3) is 3.55. The standard InChI is InChI=1S/C14H20N6O3/c1-5-19-11(4)12(6-15-19)9(2)16-14(21)8-18-7-13(20(22)23)10(3)17-18/h6-7,9H,5,8H2,1-4H3,(H,16,21). The second-order valence-corrected chi connectivity index (χ2v) is 5.34. The van der Waals surface area contributed by atoms with Gasteiger partial charge in [-0.2, -0.15) is 10.2 Å². The largest absolute Gasteiger partial charge is 0.348 e. The van der Waals surface area contributed by atoms with Crippen LogP contribution in [-0.2, 0) is 17.9 Å². The molecule has 0 spiro atoms. The molecule has 0 bridgehead atoms. The lowest BCUT2D eigenvalue weighted by Crippen LogP contribution is -2.30. The zero-order valence-corrected chi connectivity index (χ0v) is 13.6. The van der Waals surface area contributed by atoms with Gasteiger partial charge in [0.25, 0.3) is 0 Å². The first-order valence-electron chi connectivity index (χ1n) is 7.33. The van der Waals surface area contributed by atoms with E-state index >= 15 is 0 Å². The minimum Gasteiger partial charge on any atom is -0.348 e. The van der Waals surface area contributed by atoms with Crippen molar-refractivity contribution < 1.29 is 9.72 Å².